The molecule has 1 amide bonds. The molecule has 2 fully saturated rings. The van der Waals surface area contributed by atoms with E-state index in [2.05, 4.69) is 38.4 Å². The van der Waals surface area contributed by atoms with Crippen LogP contribution in [-0.2, 0) is 22.6 Å². The first-order chi connectivity index (χ1) is 12.1. The van der Waals surface area contributed by atoms with Gasteiger partial charge in [0.25, 0.3) is 0 Å². The van der Waals surface area contributed by atoms with Crippen molar-refractivity contribution >= 4 is 5.91 Å². The van der Waals surface area contributed by atoms with Crippen molar-refractivity contribution in [3.05, 3.63) is 11.6 Å². The Morgan fingerprint density at radius 2 is 2.04 bits per heavy atom. The first-order valence-electron chi connectivity index (χ1n) is 9.69. The van der Waals surface area contributed by atoms with E-state index in [-0.39, 0.29) is 18.1 Å². The number of fused-ring (bicyclic) bond motifs is 2. The molecule has 1 saturated heterocycles. The molecule has 0 radical (unpaired) electrons. The van der Waals surface area contributed by atoms with Crippen LogP contribution in [0.2, 0.25) is 0 Å². The number of rotatable bonds is 3. The molecule has 1 aromatic rings. The number of amides is 1. The second kappa shape index (κ2) is 7.03. The van der Waals surface area contributed by atoms with E-state index in [0.717, 1.165) is 44.1 Å². The summed E-state index contributed by atoms with van der Waals surface area (Å²) in [7, 11) is 0. The maximum Gasteiger partial charge on any atom is 0.237 e. The molecule has 0 unspecified atom stereocenters. The highest BCUT2D eigenvalue weighted by Crippen LogP contribution is 2.28. The molecule has 25 heavy (non-hydrogen) atoms. The average Bonchev–Trinajstić information content (AvgIpc) is 3.04. The molecule has 3 aliphatic rings. The van der Waals surface area contributed by atoms with Crippen LogP contribution in [0.3, 0.4) is 0 Å². The van der Waals surface area contributed by atoms with Gasteiger partial charge in [0, 0.05) is 25.6 Å². The van der Waals surface area contributed by atoms with E-state index in [1.807, 2.05) is 0 Å². The predicted octanol–water partition coefficient (Wildman–Crippen LogP) is 1.39. The fraction of sp³-hybridized carbons (Fsp3) is 0.833. The first kappa shape index (κ1) is 17.0. The van der Waals surface area contributed by atoms with Crippen LogP contribution in [0.4, 0.5) is 0 Å². The summed E-state index contributed by atoms with van der Waals surface area (Å²) in [5.41, 5.74) is 0. The molecule has 4 rings (SSSR count). The zero-order valence-corrected chi connectivity index (χ0v) is 15.4. The van der Waals surface area contributed by atoms with Crippen LogP contribution in [0.1, 0.15) is 57.1 Å². The highest BCUT2D eigenvalue weighted by Gasteiger charge is 2.37. The van der Waals surface area contributed by atoms with Crippen molar-refractivity contribution in [3.8, 4) is 0 Å². The lowest BCUT2D eigenvalue weighted by atomic mass is 9.90. The van der Waals surface area contributed by atoms with Crippen molar-refractivity contribution < 1.29 is 9.53 Å². The fourth-order valence-electron chi connectivity index (χ4n) is 4.48. The molecule has 7 nitrogen and oxygen atoms in total. The highest BCUT2D eigenvalue weighted by atomic mass is 16.5. The van der Waals surface area contributed by atoms with Crippen molar-refractivity contribution in [1.29, 1.82) is 0 Å². The summed E-state index contributed by atoms with van der Waals surface area (Å²) < 4.78 is 8.11. The maximum atomic E-state index is 12.9. The van der Waals surface area contributed by atoms with Gasteiger partial charge in [-0.2, -0.15) is 0 Å². The number of hydrogen-bond acceptors (Lipinski definition) is 5. The Bertz CT molecular complexity index is 627. The zero-order chi connectivity index (χ0) is 17.4. The fourth-order valence-corrected chi connectivity index (χ4v) is 4.48. The number of morpholine rings is 1. The second-order valence-electron chi connectivity index (χ2n) is 7.84. The summed E-state index contributed by atoms with van der Waals surface area (Å²) >= 11 is 0. The van der Waals surface area contributed by atoms with E-state index in [1.165, 1.54) is 12.8 Å². The van der Waals surface area contributed by atoms with Crippen LogP contribution in [0.25, 0.3) is 0 Å². The van der Waals surface area contributed by atoms with E-state index in [9.17, 15) is 4.79 Å². The smallest absolute Gasteiger partial charge is 0.237 e. The van der Waals surface area contributed by atoms with E-state index < -0.39 is 0 Å². The summed E-state index contributed by atoms with van der Waals surface area (Å²) in [6.45, 7) is 8.66. The van der Waals surface area contributed by atoms with E-state index in [1.54, 1.807) is 0 Å². The monoisotopic (exact) mass is 347 g/mol. The topological polar surface area (TPSA) is 63.5 Å². The van der Waals surface area contributed by atoms with Gasteiger partial charge < -0.3 is 14.2 Å². The van der Waals surface area contributed by atoms with E-state index >= 15 is 0 Å². The number of aromatic nitrogens is 3. The van der Waals surface area contributed by atoms with Crippen molar-refractivity contribution in [2.45, 2.75) is 70.7 Å². The largest absolute Gasteiger partial charge is 0.374 e. The first-order valence-corrected chi connectivity index (χ1v) is 9.69. The third-order valence-corrected chi connectivity index (χ3v) is 5.79. The molecular formula is C18H29N5O2. The van der Waals surface area contributed by atoms with Crippen LogP contribution in [-0.4, -0.2) is 68.9 Å². The summed E-state index contributed by atoms with van der Waals surface area (Å²) in [6, 6.07) is 0.288. The average molecular weight is 347 g/mol. The van der Waals surface area contributed by atoms with Crippen LogP contribution >= 0.6 is 0 Å². The van der Waals surface area contributed by atoms with Crippen molar-refractivity contribution in [2.75, 3.05) is 26.2 Å². The molecule has 138 valence electrons. The lowest BCUT2D eigenvalue weighted by molar-refractivity contribution is -0.151. The number of hydrogen-bond donors (Lipinski definition) is 0. The van der Waals surface area contributed by atoms with Crippen LogP contribution in [0.5, 0.6) is 0 Å². The van der Waals surface area contributed by atoms with Crippen molar-refractivity contribution in [1.82, 2.24) is 24.6 Å². The maximum absolute atomic E-state index is 12.9. The van der Waals surface area contributed by atoms with Gasteiger partial charge in [0.1, 0.15) is 11.6 Å². The van der Waals surface area contributed by atoms with Crippen molar-refractivity contribution in [2.24, 2.45) is 0 Å². The van der Waals surface area contributed by atoms with E-state index in [4.69, 9.17) is 4.74 Å². The van der Waals surface area contributed by atoms with Gasteiger partial charge in [0.2, 0.25) is 5.91 Å². The Morgan fingerprint density at radius 1 is 1.20 bits per heavy atom. The van der Waals surface area contributed by atoms with Gasteiger partial charge in [-0.15, -0.1) is 10.2 Å². The number of nitrogens with zero attached hydrogens (tertiary/aromatic N) is 5. The SMILES string of the molecule is CC(C)c1nnc2n1CCN(CC(=O)N1CCO[C@@H]3CCCC[C@@H]31)C2. The Hall–Kier alpha value is -1.47. The molecule has 1 saturated carbocycles. The van der Waals surface area contributed by atoms with Gasteiger partial charge in [0.05, 0.1) is 31.8 Å². The molecule has 1 aromatic heterocycles. The van der Waals surface area contributed by atoms with Gasteiger partial charge in [-0.25, -0.2) is 0 Å². The van der Waals surface area contributed by atoms with Gasteiger partial charge in [0.15, 0.2) is 0 Å². The summed E-state index contributed by atoms with van der Waals surface area (Å²) in [4.78, 5) is 17.2. The summed E-state index contributed by atoms with van der Waals surface area (Å²) in [6.07, 6.45) is 4.87. The van der Waals surface area contributed by atoms with Crippen LogP contribution < -0.4 is 0 Å². The third-order valence-electron chi connectivity index (χ3n) is 5.79. The van der Waals surface area contributed by atoms with Gasteiger partial charge in [-0.05, 0) is 12.8 Å². The molecule has 0 N–H and O–H groups in total. The highest BCUT2D eigenvalue weighted by molar-refractivity contribution is 5.78. The van der Waals surface area contributed by atoms with E-state index in [0.29, 0.717) is 25.6 Å². The Balaban J connectivity index is 1.39. The van der Waals surface area contributed by atoms with Crippen molar-refractivity contribution in [3.63, 3.8) is 0 Å². The normalized spacial score (nSPS) is 27.2. The Labute approximate surface area is 149 Å². The van der Waals surface area contributed by atoms with Gasteiger partial charge in [-0.1, -0.05) is 26.7 Å². The Kier molecular flexibility index (Phi) is 4.78. The zero-order valence-electron chi connectivity index (χ0n) is 15.4. The standard InChI is InChI=1S/C18H29N5O2/c1-13(2)18-20-19-16-11-21(7-8-23(16)18)12-17(24)22-9-10-25-15-6-4-3-5-14(15)22/h13-15H,3-12H2,1-2H3/t14-,15+/m0/s1. The van der Waals surface area contributed by atoms with Crippen LogP contribution in [0, 0.1) is 0 Å². The summed E-state index contributed by atoms with van der Waals surface area (Å²) in [5, 5.41) is 8.67. The minimum absolute atomic E-state index is 0.247. The number of carbonyl (C=O) groups is 1. The lowest BCUT2D eigenvalue weighted by Crippen LogP contribution is -2.57. The minimum Gasteiger partial charge on any atom is -0.374 e. The predicted molar refractivity (Wildman–Crippen MR) is 93.1 cm³/mol. The molecule has 0 bridgehead atoms. The molecule has 3 heterocycles. The van der Waals surface area contributed by atoms with Crippen LogP contribution in [0.15, 0.2) is 0 Å². The molecule has 0 aromatic carbocycles. The molecular weight excluding hydrogens is 318 g/mol. The minimum atomic E-state index is 0.247. The lowest BCUT2D eigenvalue weighted by Gasteiger charge is -2.44. The molecule has 7 heteroatoms. The molecule has 2 aliphatic heterocycles. The summed E-state index contributed by atoms with van der Waals surface area (Å²) in [5.74, 6) is 2.67. The second-order valence-corrected chi connectivity index (χ2v) is 7.84. The van der Waals surface area contributed by atoms with Gasteiger partial charge in [-0.3, -0.25) is 9.69 Å². The quantitative estimate of drug-likeness (QED) is 0.827. The molecule has 2 atom stereocenters. The Morgan fingerprint density at radius 3 is 2.88 bits per heavy atom. The molecule has 0 spiro atoms. The van der Waals surface area contributed by atoms with Gasteiger partial charge >= 0.3 is 0 Å². The third kappa shape index (κ3) is 3.31. The number of ether oxygens (including phenoxy) is 1. The number of carbonyl (C=O) groups excluding carboxylic acids is 1. The molecule has 1 aliphatic carbocycles.